The molecule has 1 aliphatic heterocycles. The van der Waals surface area contributed by atoms with Gasteiger partial charge in [-0.2, -0.15) is 0 Å². The minimum atomic E-state index is -0.119. The molecule has 1 saturated heterocycles. The van der Waals surface area contributed by atoms with E-state index < -0.39 is 0 Å². The number of guanidine groups is 1. The third-order valence-electron chi connectivity index (χ3n) is 5.21. The molecule has 2 rings (SSSR count). The fourth-order valence-corrected chi connectivity index (χ4v) is 3.74. The van der Waals surface area contributed by atoms with Gasteiger partial charge in [-0.25, -0.2) is 0 Å². The van der Waals surface area contributed by atoms with E-state index in [9.17, 15) is 0 Å². The average Bonchev–Trinajstić information content (AvgIpc) is 2.73. The van der Waals surface area contributed by atoms with Gasteiger partial charge in [0.25, 0.3) is 0 Å². The number of hydrogen-bond acceptors (Lipinski definition) is 4. The summed E-state index contributed by atoms with van der Waals surface area (Å²) in [4.78, 5) is 4.37. The van der Waals surface area contributed by atoms with Crippen molar-refractivity contribution in [2.45, 2.75) is 38.5 Å². The Morgan fingerprint density at radius 2 is 2.03 bits per heavy atom. The van der Waals surface area contributed by atoms with Crippen LogP contribution in [0.2, 0.25) is 5.02 Å². The molecule has 7 heteroatoms. The van der Waals surface area contributed by atoms with Crippen LogP contribution in [0.1, 0.15) is 38.7 Å². The van der Waals surface area contributed by atoms with Gasteiger partial charge in [-0.3, -0.25) is 4.99 Å². The van der Waals surface area contributed by atoms with E-state index in [2.05, 4.69) is 29.5 Å². The molecule has 1 fully saturated rings. The molecule has 0 bridgehead atoms. The molecule has 6 nitrogen and oxygen atoms in total. The van der Waals surface area contributed by atoms with Gasteiger partial charge in [-0.1, -0.05) is 25.4 Å². The highest BCUT2D eigenvalue weighted by atomic mass is 35.5. The van der Waals surface area contributed by atoms with Crippen molar-refractivity contribution in [2.75, 3.05) is 53.7 Å². The zero-order chi connectivity index (χ0) is 21.1. The van der Waals surface area contributed by atoms with Gasteiger partial charge in [0.15, 0.2) is 5.96 Å². The summed E-state index contributed by atoms with van der Waals surface area (Å²) < 4.78 is 16.9. The smallest absolute Gasteiger partial charge is 0.191 e. The lowest BCUT2D eigenvalue weighted by atomic mass is 9.73. The van der Waals surface area contributed by atoms with Gasteiger partial charge < -0.3 is 24.8 Å². The maximum atomic E-state index is 6.32. The van der Waals surface area contributed by atoms with Crippen molar-refractivity contribution in [1.82, 2.24) is 10.6 Å². The van der Waals surface area contributed by atoms with E-state index in [-0.39, 0.29) is 5.41 Å². The highest BCUT2D eigenvalue weighted by molar-refractivity contribution is 6.30. The molecule has 0 amide bonds. The quantitative estimate of drug-likeness (QED) is 0.340. The summed E-state index contributed by atoms with van der Waals surface area (Å²) in [5.41, 5.74) is 1.01. The van der Waals surface area contributed by atoms with Gasteiger partial charge in [0.05, 0.1) is 7.11 Å². The van der Waals surface area contributed by atoms with Crippen molar-refractivity contribution in [3.8, 4) is 5.75 Å². The molecule has 1 aliphatic rings. The summed E-state index contributed by atoms with van der Waals surface area (Å²) in [5.74, 6) is 2.22. The summed E-state index contributed by atoms with van der Waals surface area (Å²) in [6, 6.07) is 5.83. The predicted octanol–water partition coefficient (Wildman–Crippen LogP) is 3.62. The molecule has 1 heterocycles. The molecule has 0 unspecified atom stereocenters. The van der Waals surface area contributed by atoms with Gasteiger partial charge in [0.2, 0.25) is 0 Å². The topological polar surface area (TPSA) is 64.1 Å². The van der Waals surface area contributed by atoms with Crippen LogP contribution in [-0.2, 0) is 14.9 Å². The lowest BCUT2D eigenvalue weighted by Crippen LogP contribution is -2.48. The Morgan fingerprint density at radius 1 is 1.28 bits per heavy atom. The number of benzene rings is 1. The molecule has 1 aromatic carbocycles. The normalized spacial score (nSPS) is 16.7. The molecule has 0 aliphatic carbocycles. The molecule has 0 saturated carbocycles. The highest BCUT2D eigenvalue weighted by Gasteiger charge is 2.37. The molecule has 29 heavy (non-hydrogen) atoms. The number of hydrogen-bond donors (Lipinski definition) is 2. The molecule has 0 radical (unpaired) electrons. The van der Waals surface area contributed by atoms with Gasteiger partial charge in [0.1, 0.15) is 5.75 Å². The number of halogens is 1. The van der Waals surface area contributed by atoms with Crippen LogP contribution < -0.4 is 15.4 Å². The molecule has 0 spiro atoms. The summed E-state index contributed by atoms with van der Waals surface area (Å²) in [5, 5.41) is 7.60. The fourth-order valence-electron chi connectivity index (χ4n) is 3.57. The Kier molecular flexibility index (Phi) is 10.0. The van der Waals surface area contributed by atoms with Crippen LogP contribution in [0, 0.1) is 5.92 Å². The standard InChI is InChI=1S/C22H36ClN3O3/c1-17(2)15-29-11-5-10-25-21(24-3)26-16-22(8-12-28-13-9-22)19-14-18(23)6-7-20(19)27-4/h6-7,14,17H,5,8-13,15-16H2,1-4H3,(H2,24,25,26). The van der Waals surface area contributed by atoms with E-state index >= 15 is 0 Å². The van der Waals surface area contributed by atoms with E-state index in [1.165, 1.54) is 0 Å². The Morgan fingerprint density at radius 3 is 2.69 bits per heavy atom. The van der Waals surface area contributed by atoms with E-state index in [0.29, 0.717) is 5.92 Å². The lowest BCUT2D eigenvalue weighted by Gasteiger charge is -2.39. The Labute approximate surface area is 180 Å². The van der Waals surface area contributed by atoms with Crippen LogP contribution >= 0.6 is 11.6 Å². The Balaban J connectivity index is 1.97. The second kappa shape index (κ2) is 12.3. The van der Waals surface area contributed by atoms with Crippen LogP contribution in [0.4, 0.5) is 0 Å². The van der Waals surface area contributed by atoms with E-state index in [4.69, 9.17) is 25.8 Å². The van der Waals surface area contributed by atoms with Crippen LogP contribution in [0.25, 0.3) is 0 Å². The number of nitrogens with zero attached hydrogens (tertiary/aromatic N) is 1. The first-order valence-electron chi connectivity index (χ1n) is 10.4. The minimum absolute atomic E-state index is 0.119. The van der Waals surface area contributed by atoms with Crippen molar-refractivity contribution >= 4 is 17.6 Å². The largest absolute Gasteiger partial charge is 0.496 e. The van der Waals surface area contributed by atoms with E-state index in [1.807, 2.05) is 18.2 Å². The molecular formula is C22H36ClN3O3. The van der Waals surface area contributed by atoms with Crippen LogP contribution in [0.15, 0.2) is 23.2 Å². The van der Waals surface area contributed by atoms with E-state index in [0.717, 1.165) is 81.1 Å². The first-order chi connectivity index (χ1) is 14.0. The predicted molar refractivity (Wildman–Crippen MR) is 119 cm³/mol. The number of methoxy groups -OCH3 is 1. The van der Waals surface area contributed by atoms with Crippen molar-refractivity contribution in [2.24, 2.45) is 10.9 Å². The van der Waals surface area contributed by atoms with Gasteiger partial charge in [-0.05, 0) is 43.4 Å². The van der Waals surface area contributed by atoms with Gasteiger partial charge in [-0.15, -0.1) is 0 Å². The number of nitrogens with one attached hydrogen (secondary N) is 2. The lowest BCUT2D eigenvalue weighted by molar-refractivity contribution is 0.0505. The highest BCUT2D eigenvalue weighted by Crippen LogP contribution is 2.40. The maximum absolute atomic E-state index is 6.32. The Bertz CT molecular complexity index is 646. The van der Waals surface area contributed by atoms with Crippen molar-refractivity contribution in [3.63, 3.8) is 0 Å². The van der Waals surface area contributed by atoms with Crippen LogP contribution in [-0.4, -0.2) is 59.6 Å². The third-order valence-corrected chi connectivity index (χ3v) is 5.44. The molecular weight excluding hydrogens is 390 g/mol. The van der Waals surface area contributed by atoms with Gasteiger partial charge in [0, 0.05) is 62.6 Å². The monoisotopic (exact) mass is 425 g/mol. The summed E-state index contributed by atoms with van der Waals surface area (Å²) in [6.07, 6.45) is 2.74. The first-order valence-corrected chi connectivity index (χ1v) is 10.8. The molecule has 164 valence electrons. The zero-order valence-electron chi connectivity index (χ0n) is 18.2. The summed E-state index contributed by atoms with van der Waals surface area (Å²) >= 11 is 6.32. The van der Waals surface area contributed by atoms with Crippen molar-refractivity contribution in [3.05, 3.63) is 28.8 Å². The zero-order valence-corrected chi connectivity index (χ0v) is 19.0. The number of aliphatic imine (C=N–C) groups is 1. The Hall–Kier alpha value is -1.50. The van der Waals surface area contributed by atoms with Crippen molar-refractivity contribution < 1.29 is 14.2 Å². The number of ether oxygens (including phenoxy) is 3. The second-order valence-corrected chi connectivity index (χ2v) is 8.35. The SMILES string of the molecule is CN=C(NCCCOCC(C)C)NCC1(c2cc(Cl)ccc2OC)CCOCC1. The minimum Gasteiger partial charge on any atom is -0.496 e. The first kappa shape index (κ1) is 23.8. The molecule has 0 atom stereocenters. The fraction of sp³-hybridized carbons (Fsp3) is 0.682. The average molecular weight is 426 g/mol. The van der Waals surface area contributed by atoms with Crippen LogP contribution in [0.3, 0.4) is 0 Å². The van der Waals surface area contributed by atoms with Crippen molar-refractivity contribution in [1.29, 1.82) is 0 Å². The number of rotatable bonds is 10. The van der Waals surface area contributed by atoms with E-state index in [1.54, 1.807) is 14.2 Å². The second-order valence-electron chi connectivity index (χ2n) is 7.91. The molecule has 1 aromatic rings. The van der Waals surface area contributed by atoms with Gasteiger partial charge >= 0.3 is 0 Å². The maximum Gasteiger partial charge on any atom is 0.191 e. The molecule has 2 N–H and O–H groups in total. The van der Waals surface area contributed by atoms with Crippen LogP contribution in [0.5, 0.6) is 5.75 Å². The third kappa shape index (κ3) is 7.36. The molecule has 0 aromatic heterocycles. The summed E-state index contributed by atoms with van der Waals surface area (Å²) in [6.45, 7) is 8.86. The summed E-state index contributed by atoms with van der Waals surface area (Å²) in [7, 11) is 3.50.